The van der Waals surface area contributed by atoms with Crippen molar-refractivity contribution in [1.29, 1.82) is 0 Å². The van der Waals surface area contributed by atoms with Crippen molar-refractivity contribution in [3.05, 3.63) is 107 Å². The standard InChI is InChI=1S/C29H28FN3O2S/c30-23-12-9-21(10-13-23)19-33-25-17-22(28(34)32-18-24-8-4-5-15-31-24)11-14-26(25)36-27(29(33)35)16-20-6-2-1-3-7-20/h1-10,12-13,15-16,22,25-26H,11,14,17-19H2,(H,32,34)/b27-16-. The van der Waals surface area contributed by atoms with Crippen LogP contribution in [0, 0.1) is 11.7 Å². The Kier molecular flexibility index (Phi) is 7.47. The van der Waals surface area contributed by atoms with Crippen molar-refractivity contribution in [3.63, 3.8) is 0 Å². The van der Waals surface area contributed by atoms with Crippen molar-refractivity contribution >= 4 is 29.7 Å². The Balaban J connectivity index is 1.35. The highest BCUT2D eigenvalue weighted by Crippen LogP contribution is 2.44. The predicted molar refractivity (Wildman–Crippen MR) is 140 cm³/mol. The minimum Gasteiger partial charge on any atom is -0.350 e. The summed E-state index contributed by atoms with van der Waals surface area (Å²) in [7, 11) is 0. The second kappa shape index (κ2) is 11.1. The van der Waals surface area contributed by atoms with Crippen LogP contribution in [0.5, 0.6) is 0 Å². The molecule has 7 heteroatoms. The van der Waals surface area contributed by atoms with E-state index in [9.17, 15) is 14.0 Å². The molecule has 0 radical (unpaired) electrons. The Labute approximate surface area is 214 Å². The van der Waals surface area contributed by atoms with Gasteiger partial charge in [0.25, 0.3) is 5.91 Å². The van der Waals surface area contributed by atoms with E-state index in [2.05, 4.69) is 10.3 Å². The first-order valence-electron chi connectivity index (χ1n) is 12.2. The van der Waals surface area contributed by atoms with Crippen molar-refractivity contribution in [2.45, 2.75) is 43.6 Å². The van der Waals surface area contributed by atoms with Crippen molar-refractivity contribution in [3.8, 4) is 0 Å². The maximum Gasteiger partial charge on any atom is 0.260 e. The van der Waals surface area contributed by atoms with Crippen LogP contribution in [0.15, 0.2) is 83.9 Å². The average Bonchev–Trinajstić information content (AvgIpc) is 2.91. The molecule has 2 amide bonds. The third-order valence-corrected chi connectivity index (χ3v) is 8.21. The van der Waals surface area contributed by atoms with Crippen molar-refractivity contribution in [2.24, 2.45) is 5.92 Å². The number of nitrogens with one attached hydrogen (secondary N) is 1. The van der Waals surface area contributed by atoms with Crippen LogP contribution in [-0.4, -0.2) is 33.0 Å². The molecule has 0 bridgehead atoms. The average molecular weight is 502 g/mol. The van der Waals surface area contributed by atoms with E-state index < -0.39 is 0 Å². The number of nitrogens with zero attached hydrogens (tertiary/aromatic N) is 2. The molecule has 1 aliphatic heterocycles. The van der Waals surface area contributed by atoms with Gasteiger partial charge < -0.3 is 10.2 Å². The lowest BCUT2D eigenvalue weighted by atomic mass is 9.83. The smallest absolute Gasteiger partial charge is 0.260 e. The highest BCUT2D eigenvalue weighted by Gasteiger charge is 2.44. The zero-order valence-electron chi connectivity index (χ0n) is 19.8. The van der Waals surface area contributed by atoms with Crippen LogP contribution in [0.25, 0.3) is 6.08 Å². The van der Waals surface area contributed by atoms with Gasteiger partial charge >= 0.3 is 0 Å². The van der Waals surface area contributed by atoms with Gasteiger partial charge in [-0.1, -0.05) is 48.5 Å². The van der Waals surface area contributed by atoms with Crippen LogP contribution >= 0.6 is 11.8 Å². The van der Waals surface area contributed by atoms with Gasteiger partial charge in [-0.25, -0.2) is 4.39 Å². The van der Waals surface area contributed by atoms with Gasteiger partial charge in [0.15, 0.2) is 0 Å². The Hall–Kier alpha value is -3.45. The molecule has 2 heterocycles. The summed E-state index contributed by atoms with van der Waals surface area (Å²) >= 11 is 1.63. The minimum absolute atomic E-state index is 0.00362. The van der Waals surface area contributed by atoms with E-state index in [1.807, 2.05) is 59.5 Å². The van der Waals surface area contributed by atoms with Gasteiger partial charge in [0, 0.05) is 30.0 Å². The zero-order chi connectivity index (χ0) is 24.9. The summed E-state index contributed by atoms with van der Waals surface area (Å²) in [5.74, 6) is -0.504. The van der Waals surface area contributed by atoms with Crippen molar-refractivity contribution in [1.82, 2.24) is 15.2 Å². The molecule has 3 unspecified atom stereocenters. The number of halogens is 1. The van der Waals surface area contributed by atoms with E-state index in [-0.39, 0.29) is 34.8 Å². The van der Waals surface area contributed by atoms with E-state index in [1.165, 1.54) is 12.1 Å². The number of benzene rings is 2. The van der Waals surface area contributed by atoms with Gasteiger partial charge in [-0.05, 0) is 60.7 Å². The van der Waals surface area contributed by atoms with Crippen molar-refractivity contribution < 1.29 is 14.0 Å². The van der Waals surface area contributed by atoms with Gasteiger partial charge in [0.1, 0.15) is 5.82 Å². The molecule has 3 aromatic rings. The molecule has 1 saturated heterocycles. The van der Waals surface area contributed by atoms with Crippen LogP contribution in [0.4, 0.5) is 4.39 Å². The SMILES string of the molecule is O=C(NCc1ccccn1)C1CCC2S/C(=C\c3ccccc3)C(=O)N(Cc3ccc(F)cc3)C2C1. The van der Waals surface area contributed by atoms with Crippen LogP contribution < -0.4 is 5.32 Å². The lowest BCUT2D eigenvalue weighted by Crippen LogP contribution is -2.53. The lowest BCUT2D eigenvalue weighted by Gasteiger charge is -2.46. The van der Waals surface area contributed by atoms with Crippen LogP contribution in [0.3, 0.4) is 0 Å². The first-order chi connectivity index (χ1) is 17.6. The number of thioether (sulfide) groups is 1. The largest absolute Gasteiger partial charge is 0.350 e. The number of hydrogen-bond acceptors (Lipinski definition) is 4. The third kappa shape index (κ3) is 5.68. The summed E-state index contributed by atoms with van der Waals surface area (Å²) in [6.45, 7) is 0.774. The van der Waals surface area contributed by atoms with Gasteiger partial charge in [-0.3, -0.25) is 14.6 Å². The lowest BCUT2D eigenvalue weighted by molar-refractivity contribution is -0.133. The molecule has 3 atom stereocenters. The molecule has 1 saturated carbocycles. The second-order valence-electron chi connectivity index (χ2n) is 9.25. The van der Waals surface area contributed by atoms with Gasteiger partial charge in [0.2, 0.25) is 5.91 Å². The first kappa shape index (κ1) is 24.3. The van der Waals surface area contributed by atoms with E-state index in [0.29, 0.717) is 24.4 Å². The molecule has 1 aromatic heterocycles. The summed E-state index contributed by atoms with van der Waals surface area (Å²) in [5, 5.41) is 3.23. The summed E-state index contributed by atoms with van der Waals surface area (Å²) < 4.78 is 13.5. The van der Waals surface area contributed by atoms with Gasteiger partial charge in [-0.2, -0.15) is 0 Å². The minimum atomic E-state index is -0.302. The maximum absolute atomic E-state index is 13.7. The number of pyridine rings is 1. The second-order valence-corrected chi connectivity index (χ2v) is 10.5. The maximum atomic E-state index is 13.7. The number of amides is 2. The summed E-state index contributed by atoms with van der Waals surface area (Å²) in [6, 6.07) is 21.7. The molecule has 36 heavy (non-hydrogen) atoms. The number of fused-ring (bicyclic) bond motifs is 1. The molecule has 5 rings (SSSR count). The van der Waals surface area contributed by atoms with Gasteiger partial charge in [-0.15, -0.1) is 11.8 Å². The molecule has 5 nitrogen and oxygen atoms in total. The molecule has 1 aliphatic carbocycles. The Morgan fingerprint density at radius 3 is 2.58 bits per heavy atom. The number of rotatable bonds is 6. The summed E-state index contributed by atoms with van der Waals surface area (Å²) in [5.41, 5.74) is 2.67. The first-order valence-corrected chi connectivity index (χ1v) is 13.1. The third-order valence-electron chi connectivity index (χ3n) is 6.81. The molecule has 2 aromatic carbocycles. The Bertz CT molecular complexity index is 1230. The molecule has 184 valence electrons. The van der Waals surface area contributed by atoms with Crippen LogP contribution in [0.2, 0.25) is 0 Å². The zero-order valence-corrected chi connectivity index (χ0v) is 20.7. The molecule has 2 aliphatic rings. The molecular formula is C29H28FN3O2S. The van der Waals surface area contributed by atoms with E-state index in [4.69, 9.17) is 0 Å². The monoisotopic (exact) mass is 501 g/mol. The van der Waals surface area contributed by atoms with E-state index in [0.717, 1.165) is 29.7 Å². The number of aromatic nitrogens is 1. The van der Waals surface area contributed by atoms with E-state index in [1.54, 1.807) is 30.1 Å². The highest BCUT2D eigenvalue weighted by molar-refractivity contribution is 8.04. The highest BCUT2D eigenvalue weighted by atomic mass is 32.2. The van der Waals surface area contributed by atoms with E-state index >= 15 is 0 Å². The van der Waals surface area contributed by atoms with Crippen LogP contribution in [-0.2, 0) is 22.7 Å². The van der Waals surface area contributed by atoms with Crippen LogP contribution in [0.1, 0.15) is 36.1 Å². The fourth-order valence-corrected chi connectivity index (χ4v) is 6.34. The normalized spacial score (nSPS) is 22.8. The fourth-order valence-electron chi connectivity index (χ4n) is 4.92. The molecular weight excluding hydrogens is 473 g/mol. The number of carbonyl (C=O) groups excluding carboxylic acids is 2. The predicted octanol–water partition coefficient (Wildman–Crippen LogP) is 5.19. The Morgan fingerprint density at radius 1 is 1.06 bits per heavy atom. The number of hydrogen-bond donors (Lipinski definition) is 1. The quantitative estimate of drug-likeness (QED) is 0.472. The summed E-state index contributed by atoms with van der Waals surface area (Å²) in [4.78, 5) is 33.6. The molecule has 0 spiro atoms. The fraction of sp³-hybridized carbons (Fsp3) is 0.276. The molecule has 1 N–H and O–H groups in total. The summed E-state index contributed by atoms with van der Waals surface area (Å²) in [6.07, 6.45) is 5.89. The number of carbonyl (C=O) groups is 2. The van der Waals surface area contributed by atoms with Crippen molar-refractivity contribution in [2.75, 3.05) is 0 Å². The topological polar surface area (TPSA) is 62.3 Å². The van der Waals surface area contributed by atoms with Gasteiger partial charge in [0.05, 0.1) is 17.1 Å². The Morgan fingerprint density at radius 2 is 1.83 bits per heavy atom. The molecule has 2 fully saturated rings.